The number of aromatic nitrogens is 2. The number of carbonyl (C=O) groups is 1. The lowest BCUT2D eigenvalue weighted by atomic mass is 10.0. The highest BCUT2D eigenvalue weighted by Crippen LogP contribution is 2.32. The van der Waals surface area contributed by atoms with E-state index in [9.17, 15) is 9.70 Å². The molecule has 8 heteroatoms. The standard InChI is InChI=1S/C21H21N6O2/c22-27(21(28)19-10-4-6-13-25-19)20(17-8-1-2-9-18(17)26-29)11-14-23-15-16-7-3-5-12-24-16/h1-10,12-13,20,22-23H,11,14-15H2/q-1. The first-order chi connectivity index (χ1) is 14.2. The van der Waals surface area contributed by atoms with Crippen LogP contribution in [0.5, 0.6) is 0 Å². The second kappa shape index (κ2) is 10.2. The summed E-state index contributed by atoms with van der Waals surface area (Å²) in [6, 6.07) is 16.7. The van der Waals surface area contributed by atoms with Crippen LogP contribution in [0, 0.1) is 4.91 Å². The van der Waals surface area contributed by atoms with Crippen molar-refractivity contribution in [2.75, 3.05) is 6.54 Å². The van der Waals surface area contributed by atoms with Gasteiger partial charge in [-0.2, -0.15) is 0 Å². The molecular formula is C21H21N6O2-. The van der Waals surface area contributed by atoms with Crippen LogP contribution in [0.4, 0.5) is 5.69 Å². The average molecular weight is 389 g/mol. The van der Waals surface area contributed by atoms with Crippen LogP contribution in [0.1, 0.15) is 34.2 Å². The first-order valence-corrected chi connectivity index (χ1v) is 9.19. The molecule has 0 aliphatic carbocycles. The summed E-state index contributed by atoms with van der Waals surface area (Å²) in [4.78, 5) is 32.3. The molecule has 2 heterocycles. The Hall–Kier alpha value is -3.49. The minimum atomic E-state index is -0.658. The number of amides is 1. The Morgan fingerprint density at radius 1 is 1.03 bits per heavy atom. The van der Waals surface area contributed by atoms with Gasteiger partial charge in [0.2, 0.25) is 0 Å². The number of nitrogens with zero attached hydrogens (tertiary/aromatic N) is 4. The van der Waals surface area contributed by atoms with Gasteiger partial charge in [0.15, 0.2) is 0 Å². The molecule has 0 saturated carbocycles. The minimum absolute atomic E-state index is 0.172. The molecule has 0 saturated heterocycles. The van der Waals surface area contributed by atoms with Gasteiger partial charge in [-0.1, -0.05) is 30.3 Å². The van der Waals surface area contributed by atoms with Crippen molar-refractivity contribution in [2.24, 2.45) is 5.18 Å². The molecule has 1 unspecified atom stereocenters. The summed E-state index contributed by atoms with van der Waals surface area (Å²) < 4.78 is 0. The maximum absolute atomic E-state index is 12.8. The number of nitrogens with one attached hydrogen (secondary N) is 2. The van der Waals surface area contributed by atoms with E-state index >= 15 is 0 Å². The van der Waals surface area contributed by atoms with Crippen molar-refractivity contribution in [3.8, 4) is 0 Å². The molecule has 0 bridgehead atoms. The second-order valence-corrected chi connectivity index (χ2v) is 6.34. The maximum Gasteiger partial charge on any atom is 0.255 e. The molecule has 29 heavy (non-hydrogen) atoms. The summed E-state index contributed by atoms with van der Waals surface area (Å²) in [6.07, 6.45) is 3.65. The van der Waals surface area contributed by atoms with Gasteiger partial charge in [-0.05, 0) is 48.5 Å². The normalized spacial score (nSPS) is 11.6. The van der Waals surface area contributed by atoms with Crippen molar-refractivity contribution in [2.45, 2.75) is 19.0 Å². The van der Waals surface area contributed by atoms with E-state index in [4.69, 9.17) is 5.84 Å². The van der Waals surface area contributed by atoms with Gasteiger partial charge in [-0.25, -0.2) is 0 Å². The van der Waals surface area contributed by atoms with E-state index in [1.54, 1.807) is 48.7 Å². The Bertz CT molecular complexity index is 936. The Morgan fingerprint density at radius 2 is 1.76 bits per heavy atom. The fourth-order valence-corrected chi connectivity index (χ4v) is 2.99. The molecule has 3 aromatic rings. The van der Waals surface area contributed by atoms with Crippen molar-refractivity contribution in [1.82, 2.24) is 20.3 Å². The molecule has 3 rings (SSSR count). The number of carbonyl (C=O) groups excluding carboxylic acids is 1. The SMILES string of the molecule is [NH-]N(C(=O)c1ccccn1)C(CCNCc1ccccn1)c1ccccc1N=O. The zero-order valence-corrected chi connectivity index (χ0v) is 15.7. The Morgan fingerprint density at radius 3 is 2.45 bits per heavy atom. The predicted molar refractivity (Wildman–Crippen MR) is 110 cm³/mol. The van der Waals surface area contributed by atoms with E-state index < -0.39 is 11.9 Å². The molecule has 0 aliphatic heterocycles. The maximum atomic E-state index is 12.8. The number of nitroso groups, excluding NO2 is 1. The molecule has 0 spiro atoms. The van der Waals surface area contributed by atoms with Crippen molar-refractivity contribution in [1.29, 1.82) is 0 Å². The fraction of sp³-hybridized carbons (Fsp3) is 0.190. The fourth-order valence-electron chi connectivity index (χ4n) is 2.99. The molecule has 148 valence electrons. The number of pyridine rings is 2. The monoisotopic (exact) mass is 389 g/mol. The van der Waals surface area contributed by atoms with Gasteiger partial charge in [-0.3, -0.25) is 14.8 Å². The van der Waals surface area contributed by atoms with Crippen molar-refractivity contribution < 1.29 is 4.79 Å². The Labute approximate surface area is 168 Å². The highest BCUT2D eigenvalue weighted by molar-refractivity contribution is 5.92. The molecule has 0 fully saturated rings. The third-order valence-electron chi connectivity index (χ3n) is 4.44. The van der Waals surface area contributed by atoms with Gasteiger partial charge in [0.05, 0.1) is 5.69 Å². The Kier molecular flexibility index (Phi) is 7.10. The number of rotatable bonds is 9. The lowest BCUT2D eigenvalue weighted by Crippen LogP contribution is -2.31. The van der Waals surface area contributed by atoms with Crippen LogP contribution in [0.3, 0.4) is 0 Å². The van der Waals surface area contributed by atoms with Gasteiger partial charge >= 0.3 is 0 Å². The molecular weight excluding hydrogens is 368 g/mol. The quantitative estimate of drug-likeness (QED) is 0.335. The summed E-state index contributed by atoms with van der Waals surface area (Å²) in [5.74, 6) is 7.90. The predicted octanol–water partition coefficient (Wildman–Crippen LogP) is 4.21. The molecule has 1 amide bonds. The highest BCUT2D eigenvalue weighted by Gasteiger charge is 2.22. The molecule has 0 radical (unpaired) electrons. The van der Waals surface area contributed by atoms with Crippen LogP contribution in [0.15, 0.2) is 78.2 Å². The van der Waals surface area contributed by atoms with E-state index in [2.05, 4.69) is 20.5 Å². The van der Waals surface area contributed by atoms with E-state index in [1.165, 1.54) is 6.20 Å². The van der Waals surface area contributed by atoms with Crippen LogP contribution in [-0.4, -0.2) is 27.4 Å². The lowest BCUT2D eigenvalue weighted by Gasteiger charge is -2.36. The van der Waals surface area contributed by atoms with Crippen LogP contribution in [-0.2, 0) is 6.54 Å². The zero-order valence-electron chi connectivity index (χ0n) is 15.7. The lowest BCUT2D eigenvalue weighted by molar-refractivity contribution is 0.0755. The third kappa shape index (κ3) is 5.28. The van der Waals surface area contributed by atoms with E-state index in [-0.39, 0.29) is 11.4 Å². The first kappa shape index (κ1) is 20.2. The van der Waals surface area contributed by atoms with E-state index in [0.29, 0.717) is 25.1 Å². The molecule has 0 aliphatic rings. The van der Waals surface area contributed by atoms with Gasteiger partial charge in [0, 0.05) is 30.5 Å². The highest BCUT2D eigenvalue weighted by atomic mass is 16.3. The minimum Gasteiger partial charge on any atom is -0.580 e. The average Bonchev–Trinajstić information content (AvgIpc) is 2.79. The van der Waals surface area contributed by atoms with Crippen LogP contribution >= 0.6 is 0 Å². The number of hydrogen-bond donors (Lipinski definition) is 1. The van der Waals surface area contributed by atoms with Crippen molar-refractivity contribution in [3.05, 3.63) is 101 Å². The smallest absolute Gasteiger partial charge is 0.255 e. The summed E-state index contributed by atoms with van der Waals surface area (Å²) in [5.41, 5.74) is 1.81. The number of benzene rings is 1. The largest absolute Gasteiger partial charge is 0.580 e. The molecule has 1 aromatic carbocycles. The summed E-state index contributed by atoms with van der Waals surface area (Å²) in [7, 11) is 0. The van der Waals surface area contributed by atoms with E-state index in [0.717, 1.165) is 10.7 Å². The van der Waals surface area contributed by atoms with E-state index in [1.807, 2.05) is 18.2 Å². The molecule has 2 N–H and O–H groups in total. The number of hydrogen-bond acceptors (Lipinski definition) is 6. The van der Waals surface area contributed by atoms with Crippen LogP contribution in [0.25, 0.3) is 5.84 Å². The molecule has 2 aromatic heterocycles. The van der Waals surface area contributed by atoms with Gasteiger partial charge in [-0.15, -0.1) is 4.91 Å². The second-order valence-electron chi connectivity index (χ2n) is 6.34. The summed E-state index contributed by atoms with van der Waals surface area (Å²) >= 11 is 0. The Balaban J connectivity index is 1.76. The van der Waals surface area contributed by atoms with Crippen molar-refractivity contribution >= 4 is 11.6 Å². The molecule has 8 nitrogen and oxygen atoms in total. The molecule has 1 atom stereocenters. The van der Waals surface area contributed by atoms with Gasteiger partial charge < -0.3 is 16.2 Å². The summed E-state index contributed by atoms with van der Waals surface area (Å²) in [5, 5.41) is 7.20. The summed E-state index contributed by atoms with van der Waals surface area (Å²) in [6.45, 7) is 1.08. The van der Waals surface area contributed by atoms with Crippen LogP contribution in [0.2, 0.25) is 0 Å². The third-order valence-corrected chi connectivity index (χ3v) is 4.44. The topological polar surface area (TPSA) is 111 Å². The first-order valence-electron chi connectivity index (χ1n) is 9.19. The van der Waals surface area contributed by atoms with Gasteiger partial charge in [0.1, 0.15) is 11.4 Å². The van der Waals surface area contributed by atoms with Gasteiger partial charge in [0.25, 0.3) is 5.91 Å². The zero-order chi connectivity index (χ0) is 20.5. The van der Waals surface area contributed by atoms with Crippen LogP contribution < -0.4 is 5.32 Å². The van der Waals surface area contributed by atoms with Crippen molar-refractivity contribution in [3.63, 3.8) is 0 Å².